The van der Waals surface area contributed by atoms with Crippen molar-refractivity contribution in [1.82, 2.24) is 9.97 Å². The van der Waals surface area contributed by atoms with Crippen molar-refractivity contribution in [2.45, 2.75) is 13.0 Å². The molecule has 2 atom stereocenters. The lowest BCUT2D eigenvalue weighted by Gasteiger charge is -2.16. The van der Waals surface area contributed by atoms with Gasteiger partial charge in [-0.2, -0.15) is 4.98 Å². The first-order chi connectivity index (χ1) is 8.60. The highest BCUT2D eigenvalue weighted by atomic mass is 16.5. The zero-order valence-electron chi connectivity index (χ0n) is 10.2. The first-order valence-corrected chi connectivity index (χ1v) is 5.57. The van der Waals surface area contributed by atoms with E-state index in [1.165, 1.54) is 7.11 Å². The number of hydrogen-bond acceptors (Lipinski definition) is 6. The zero-order chi connectivity index (χ0) is 13.1. The van der Waals surface area contributed by atoms with Gasteiger partial charge in [0.2, 0.25) is 11.8 Å². The molecule has 0 aliphatic carbocycles. The Balaban J connectivity index is 2.13. The maximum atomic E-state index is 11.0. The van der Waals surface area contributed by atoms with Crippen molar-refractivity contribution in [3.63, 3.8) is 0 Å². The van der Waals surface area contributed by atoms with E-state index in [0.29, 0.717) is 18.4 Å². The predicted octanol–water partition coefficient (Wildman–Crippen LogP) is 0.305. The van der Waals surface area contributed by atoms with Crippen molar-refractivity contribution in [3.8, 4) is 5.88 Å². The summed E-state index contributed by atoms with van der Waals surface area (Å²) in [6, 6.07) is 1.37. The Morgan fingerprint density at radius 2 is 2.33 bits per heavy atom. The van der Waals surface area contributed by atoms with Gasteiger partial charge in [-0.05, 0) is 6.92 Å². The largest absolute Gasteiger partial charge is 0.481 e. The number of hydrogen-bond donors (Lipinski definition) is 2. The molecular formula is C11H15N3O4. The van der Waals surface area contributed by atoms with E-state index in [0.717, 1.165) is 5.69 Å². The molecule has 2 rings (SSSR count). The van der Waals surface area contributed by atoms with E-state index in [1.54, 1.807) is 6.07 Å². The number of anilines is 1. The molecule has 1 saturated heterocycles. The van der Waals surface area contributed by atoms with Crippen LogP contribution in [-0.4, -0.2) is 47.4 Å². The van der Waals surface area contributed by atoms with Gasteiger partial charge in [-0.15, -0.1) is 0 Å². The van der Waals surface area contributed by atoms with Crippen LogP contribution in [0.3, 0.4) is 0 Å². The Morgan fingerprint density at radius 3 is 3.00 bits per heavy atom. The summed E-state index contributed by atoms with van der Waals surface area (Å²) in [6.07, 6.45) is 0. The zero-order valence-corrected chi connectivity index (χ0v) is 10.2. The second-order valence-corrected chi connectivity index (χ2v) is 4.11. The Hall–Kier alpha value is -1.89. The highest BCUT2D eigenvalue weighted by Crippen LogP contribution is 2.19. The average molecular weight is 253 g/mol. The molecule has 18 heavy (non-hydrogen) atoms. The van der Waals surface area contributed by atoms with Crippen LogP contribution in [0.4, 0.5) is 5.95 Å². The molecule has 0 bridgehead atoms. The summed E-state index contributed by atoms with van der Waals surface area (Å²) in [5, 5.41) is 12.0. The number of aromatic nitrogens is 2. The molecule has 2 heterocycles. The van der Waals surface area contributed by atoms with Crippen LogP contribution in [0.1, 0.15) is 5.69 Å². The molecule has 1 aliphatic rings. The van der Waals surface area contributed by atoms with Crippen molar-refractivity contribution in [2.24, 2.45) is 5.92 Å². The molecule has 1 aliphatic heterocycles. The van der Waals surface area contributed by atoms with Gasteiger partial charge in [0.25, 0.3) is 0 Å². The van der Waals surface area contributed by atoms with Crippen molar-refractivity contribution in [2.75, 3.05) is 25.6 Å². The molecule has 0 amide bonds. The van der Waals surface area contributed by atoms with Crippen molar-refractivity contribution < 1.29 is 19.4 Å². The summed E-state index contributed by atoms with van der Waals surface area (Å²) in [6.45, 7) is 2.35. The van der Waals surface area contributed by atoms with Crippen LogP contribution in [0.5, 0.6) is 5.88 Å². The van der Waals surface area contributed by atoms with E-state index in [1.807, 2.05) is 6.92 Å². The minimum absolute atomic E-state index is 0.204. The number of carboxylic acid groups (broad SMARTS) is 1. The van der Waals surface area contributed by atoms with Crippen molar-refractivity contribution in [1.29, 1.82) is 0 Å². The van der Waals surface area contributed by atoms with Crippen LogP contribution in [0.2, 0.25) is 0 Å². The van der Waals surface area contributed by atoms with Gasteiger partial charge in [0.1, 0.15) is 5.92 Å². The number of carbonyl (C=O) groups is 1. The van der Waals surface area contributed by atoms with Gasteiger partial charge in [-0.1, -0.05) is 0 Å². The fourth-order valence-corrected chi connectivity index (χ4v) is 1.81. The summed E-state index contributed by atoms with van der Waals surface area (Å²) in [4.78, 5) is 19.3. The van der Waals surface area contributed by atoms with Crippen LogP contribution >= 0.6 is 0 Å². The third-order valence-electron chi connectivity index (χ3n) is 2.75. The minimum Gasteiger partial charge on any atom is -0.481 e. The maximum absolute atomic E-state index is 11.0. The number of rotatable bonds is 4. The van der Waals surface area contributed by atoms with Crippen LogP contribution < -0.4 is 10.1 Å². The third-order valence-corrected chi connectivity index (χ3v) is 2.75. The Labute approximate surface area is 104 Å². The van der Waals surface area contributed by atoms with E-state index in [2.05, 4.69) is 15.3 Å². The normalized spacial score (nSPS) is 22.8. The monoisotopic (exact) mass is 253 g/mol. The lowest BCUT2D eigenvalue weighted by molar-refractivity contribution is -0.141. The van der Waals surface area contributed by atoms with E-state index >= 15 is 0 Å². The molecule has 0 radical (unpaired) electrons. The number of methoxy groups -OCH3 is 1. The fourth-order valence-electron chi connectivity index (χ4n) is 1.81. The Bertz CT molecular complexity index is 452. The second kappa shape index (κ2) is 5.18. The molecule has 0 spiro atoms. The molecule has 2 unspecified atom stereocenters. The van der Waals surface area contributed by atoms with Gasteiger partial charge in [0, 0.05) is 11.8 Å². The first kappa shape index (κ1) is 12.6. The highest BCUT2D eigenvalue weighted by Gasteiger charge is 2.34. The van der Waals surface area contributed by atoms with Gasteiger partial charge in [-0.3, -0.25) is 4.79 Å². The van der Waals surface area contributed by atoms with E-state index < -0.39 is 11.9 Å². The molecule has 0 saturated carbocycles. The van der Waals surface area contributed by atoms with Crippen molar-refractivity contribution >= 4 is 11.9 Å². The minimum atomic E-state index is -0.885. The van der Waals surface area contributed by atoms with E-state index in [9.17, 15) is 4.79 Å². The number of aliphatic carboxylic acids is 1. The van der Waals surface area contributed by atoms with Crippen LogP contribution in [-0.2, 0) is 9.53 Å². The lowest BCUT2D eigenvalue weighted by atomic mass is 10.0. The summed E-state index contributed by atoms with van der Waals surface area (Å²) < 4.78 is 10.2. The smallest absolute Gasteiger partial charge is 0.311 e. The quantitative estimate of drug-likeness (QED) is 0.797. The molecule has 2 N–H and O–H groups in total. The van der Waals surface area contributed by atoms with Crippen LogP contribution in [0.15, 0.2) is 6.07 Å². The number of ether oxygens (including phenoxy) is 2. The third kappa shape index (κ3) is 2.67. The van der Waals surface area contributed by atoms with Gasteiger partial charge in [0.05, 0.1) is 26.4 Å². The average Bonchev–Trinajstić information content (AvgIpc) is 2.76. The number of nitrogens with one attached hydrogen (secondary N) is 1. The molecular weight excluding hydrogens is 238 g/mol. The van der Waals surface area contributed by atoms with Gasteiger partial charge in [0.15, 0.2) is 0 Å². The predicted molar refractivity (Wildman–Crippen MR) is 62.7 cm³/mol. The maximum Gasteiger partial charge on any atom is 0.311 e. The van der Waals surface area contributed by atoms with E-state index in [4.69, 9.17) is 14.6 Å². The van der Waals surface area contributed by atoms with Gasteiger partial charge in [-0.25, -0.2) is 4.98 Å². The molecule has 7 heteroatoms. The molecule has 98 valence electrons. The highest BCUT2D eigenvalue weighted by molar-refractivity contribution is 5.72. The molecule has 1 aromatic rings. The SMILES string of the molecule is COc1cc(C)nc(NC2COCC2C(=O)O)n1. The molecule has 1 fully saturated rings. The molecule has 0 aromatic carbocycles. The standard InChI is InChI=1S/C11H15N3O4/c1-6-3-9(17-2)14-11(12-6)13-8-5-18-4-7(8)10(15)16/h3,7-8H,4-5H2,1-2H3,(H,15,16)(H,12,13,14). The topological polar surface area (TPSA) is 93.6 Å². The van der Waals surface area contributed by atoms with Crippen LogP contribution in [0, 0.1) is 12.8 Å². The van der Waals surface area contributed by atoms with Gasteiger partial charge < -0.3 is 19.9 Å². The number of nitrogens with zero attached hydrogens (tertiary/aromatic N) is 2. The fraction of sp³-hybridized carbons (Fsp3) is 0.545. The second-order valence-electron chi connectivity index (χ2n) is 4.11. The summed E-state index contributed by atoms with van der Waals surface area (Å²) in [5.41, 5.74) is 0.746. The first-order valence-electron chi connectivity index (χ1n) is 5.57. The molecule has 1 aromatic heterocycles. The molecule has 7 nitrogen and oxygen atoms in total. The Morgan fingerprint density at radius 1 is 1.56 bits per heavy atom. The van der Waals surface area contributed by atoms with Crippen molar-refractivity contribution in [3.05, 3.63) is 11.8 Å². The summed E-state index contributed by atoms with van der Waals surface area (Å²) in [5.74, 6) is -0.672. The van der Waals surface area contributed by atoms with E-state index in [-0.39, 0.29) is 12.6 Å². The Kier molecular flexibility index (Phi) is 3.61. The van der Waals surface area contributed by atoms with Gasteiger partial charge >= 0.3 is 5.97 Å². The lowest BCUT2D eigenvalue weighted by Crippen LogP contribution is -2.33. The number of carboxylic acids is 1. The number of aryl methyl sites for hydroxylation is 1. The van der Waals surface area contributed by atoms with Crippen LogP contribution in [0.25, 0.3) is 0 Å². The summed E-state index contributed by atoms with van der Waals surface area (Å²) in [7, 11) is 1.52. The summed E-state index contributed by atoms with van der Waals surface area (Å²) >= 11 is 0.